The maximum atomic E-state index is 13.4. The molecule has 45 heavy (non-hydrogen) atoms. The third-order valence-corrected chi connectivity index (χ3v) is 10.3. The number of rotatable bonds is 9. The number of piperidine rings is 1. The number of aliphatic imine (C=N–C) groups is 1. The summed E-state index contributed by atoms with van der Waals surface area (Å²) in [6, 6.07) is 4.01. The Morgan fingerprint density at radius 2 is 1.93 bits per heavy atom. The molecule has 0 unspecified atom stereocenters. The molecule has 5 rings (SSSR count). The molecule has 0 saturated carbocycles. The van der Waals surface area contributed by atoms with Gasteiger partial charge in [-0.1, -0.05) is 17.7 Å². The molecule has 14 heteroatoms. The van der Waals surface area contributed by atoms with Gasteiger partial charge < -0.3 is 30.9 Å². The Labute approximate surface area is 268 Å². The van der Waals surface area contributed by atoms with Crippen LogP contribution in [0.1, 0.15) is 69.4 Å². The predicted octanol–water partition coefficient (Wildman–Crippen LogP) is 4.81. The van der Waals surface area contributed by atoms with E-state index < -0.39 is 15.6 Å². The van der Waals surface area contributed by atoms with Gasteiger partial charge in [0.15, 0.2) is 0 Å². The molecule has 0 radical (unpaired) electrons. The summed E-state index contributed by atoms with van der Waals surface area (Å²) in [4.78, 5) is 19.0. The molecule has 1 aliphatic carbocycles. The van der Waals surface area contributed by atoms with Crippen LogP contribution in [0.2, 0.25) is 0 Å². The van der Waals surface area contributed by atoms with Crippen LogP contribution in [0, 0.1) is 6.92 Å². The van der Waals surface area contributed by atoms with E-state index in [1.807, 2.05) is 31.7 Å². The number of allylic oxidation sites excluding steroid dienone is 3. The molecule has 1 amide bonds. The first kappa shape index (κ1) is 33.2. The van der Waals surface area contributed by atoms with Crippen LogP contribution in [0.15, 0.2) is 50.7 Å². The largest absolute Gasteiger partial charge is 0.489 e. The molecule has 0 aromatic heterocycles. The van der Waals surface area contributed by atoms with Crippen LogP contribution >= 0.6 is 11.6 Å². The number of likely N-dealkylation sites (tertiary alicyclic amines) is 1. The summed E-state index contributed by atoms with van der Waals surface area (Å²) in [7, 11) is -4.77. The minimum atomic E-state index is -4.77. The minimum absolute atomic E-state index is 0.0375. The first-order chi connectivity index (χ1) is 21.4. The zero-order chi connectivity index (χ0) is 32.3. The molecule has 1 atom stereocenters. The van der Waals surface area contributed by atoms with E-state index in [9.17, 15) is 22.0 Å². The van der Waals surface area contributed by atoms with Gasteiger partial charge in [0.25, 0.3) is 0 Å². The van der Waals surface area contributed by atoms with Crippen molar-refractivity contribution >= 4 is 39.0 Å². The van der Waals surface area contributed by atoms with Crippen LogP contribution in [0.3, 0.4) is 0 Å². The Balaban J connectivity index is 1.31. The summed E-state index contributed by atoms with van der Waals surface area (Å²) in [6.45, 7) is 8.36. The molecule has 246 valence electrons. The van der Waals surface area contributed by atoms with Gasteiger partial charge >= 0.3 is 5.76 Å². The molecule has 4 aliphatic rings. The molecule has 1 aromatic carbocycles. The fraction of sp³-hybridized carbons (Fsp3) is 0.548. The van der Waals surface area contributed by atoms with Crippen LogP contribution in [0.25, 0.3) is 0 Å². The first-order valence-electron chi connectivity index (χ1n) is 15.4. The molecule has 0 spiro atoms. The lowest BCUT2D eigenvalue weighted by Crippen LogP contribution is -2.46. The van der Waals surface area contributed by atoms with Crippen LogP contribution in [0.4, 0.5) is 14.5 Å². The maximum Gasteiger partial charge on any atom is 0.340 e. The number of aryl methyl sites for hydroxylation is 1. The van der Waals surface area contributed by atoms with Crippen LogP contribution < -0.4 is 26.0 Å². The SMILES string of the molecule is Cc1cc(NC2=NCC(Cl)=C(NC3=C(S(=O)(=O)C(F)F)CCC=C3)N2)c(OC(C)C)cc1C1CCN(C(=O)[C@@H]2CCCN2)CC1. The molecular formula is C31H41ClF2N6O4S. The number of amides is 1. The molecule has 2 saturated heterocycles. The van der Waals surface area contributed by atoms with Gasteiger partial charge in [0.05, 0.1) is 40.0 Å². The summed E-state index contributed by atoms with van der Waals surface area (Å²) in [5.41, 5.74) is 2.96. The molecule has 3 heterocycles. The smallest absolute Gasteiger partial charge is 0.340 e. The van der Waals surface area contributed by atoms with Gasteiger partial charge in [-0.05, 0) is 101 Å². The highest BCUT2D eigenvalue weighted by molar-refractivity contribution is 7.95. The molecule has 4 N–H and O–H groups in total. The van der Waals surface area contributed by atoms with Crippen molar-refractivity contribution in [1.82, 2.24) is 20.9 Å². The number of nitrogens with one attached hydrogen (secondary N) is 4. The van der Waals surface area contributed by atoms with E-state index in [1.54, 1.807) is 6.08 Å². The highest BCUT2D eigenvalue weighted by atomic mass is 35.5. The minimum Gasteiger partial charge on any atom is -0.489 e. The monoisotopic (exact) mass is 666 g/mol. The first-order valence-corrected chi connectivity index (χ1v) is 17.4. The molecular weight excluding hydrogens is 626 g/mol. The Hall–Kier alpha value is -3.16. The lowest BCUT2D eigenvalue weighted by molar-refractivity contribution is -0.134. The third kappa shape index (κ3) is 7.63. The van der Waals surface area contributed by atoms with Crippen molar-refractivity contribution in [2.45, 2.75) is 83.1 Å². The number of ether oxygens (including phenoxy) is 1. The van der Waals surface area contributed by atoms with Crippen LogP contribution in [-0.2, 0) is 14.6 Å². The second-order valence-corrected chi connectivity index (χ2v) is 14.4. The molecule has 2 fully saturated rings. The number of sulfone groups is 1. The number of carbonyl (C=O) groups is 1. The lowest BCUT2D eigenvalue weighted by atomic mass is 9.86. The van der Waals surface area contributed by atoms with E-state index in [1.165, 1.54) is 11.6 Å². The van der Waals surface area contributed by atoms with Crippen molar-refractivity contribution in [2.75, 3.05) is 31.5 Å². The van der Waals surface area contributed by atoms with Crippen LogP contribution in [0.5, 0.6) is 5.75 Å². The van der Waals surface area contributed by atoms with Crippen LogP contribution in [-0.4, -0.2) is 69.3 Å². The number of hydrogen-bond donors (Lipinski definition) is 4. The second-order valence-electron chi connectivity index (χ2n) is 12.0. The average Bonchev–Trinajstić information content (AvgIpc) is 3.55. The number of nitrogens with zero attached hydrogens (tertiary/aromatic N) is 2. The maximum absolute atomic E-state index is 13.4. The van der Waals surface area contributed by atoms with E-state index in [0.29, 0.717) is 23.8 Å². The number of guanidine groups is 1. The van der Waals surface area contributed by atoms with Gasteiger partial charge in [-0.3, -0.25) is 4.79 Å². The zero-order valence-corrected chi connectivity index (χ0v) is 27.3. The predicted molar refractivity (Wildman–Crippen MR) is 172 cm³/mol. The Kier molecular flexibility index (Phi) is 10.4. The summed E-state index contributed by atoms with van der Waals surface area (Å²) in [6.07, 6.45) is 7.06. The standard InChI is InChI=1S/C31H41ClF2N6O4S/c1-18(2)44-26-16-21(20-10-13-40(14-11-20)29(41)24-8-6-12-35-24)19(3)15-25(26)38-31-36-17-22(32)28(39-31)37-23-7-4-5-9-27(23)45(42,43)30(33)34/h4,7,15-16,18,20,24,30,35,37H,5-6,8-14,17H2,1-3H3,(H2,36,38,39)/t24-/m0/s1. The van der Waals surface area contributed by atoms with Crippen molar-refractivity contribution in [1.29, 1.82) is 0 Å². The second kappa shape index (κ2) is 14.1. The van der Waals surface area contributed by atoms with E-state index in [2.05, 4.69) is 32.3 Å². The summed E-state index contributed by atoms with van der Waals surface area (Å²) < 4.78 is 57.5. The number of halogens is 3. The number of anilines is 1. The molecule has 0 bridgehead atoms. The Morgan fingerprint density at radius 3 is 2.60 bits per heavy atom. The van der Waals surface area contributed by atoms with Crippen molar-refractivity contribution in [2.24, 2.45) is 4.99 Å². The average molecular weight is 667 g/mol. The van der Waals surface area contributed by atoms with Gasteiger partial charge in [-0.25, -0.2) is 13.4 Å². The number of benzene rings is 1. The fourth-order valence-corrected chi connectivity index (χ4v) is 7.36. The van der Waals surface area contributed by atoms with Crippen molar-refractivity contribution in [3.8, 4) is 5.75 Å². The van der Waals surface area contributed by atoms with Gasteiger partial charge in [0.2, 0.25) is 21.7 Å². The lowest BCUT2D eigenvalue weighted by Gasteiger charge is -2.34. The Morgan fingerprint density at radius 1 is 1.18 bits per heavy atom. The van der Waals surface area contributed by atoms with Crippen molar-refractivity contribution in [3.63, 3.8) is 0 Å². The van der Waals surface area contributed by atoms with Gasteiger partial charge in [-0.15, -0.1) is 0 Å². The molecule has 1 aromatic rings. The van der Waals surface area contributed by atoms with E-state index >= 15 is 0 Å². The topological polar surface area (TPSA) is 124 Å². The third-order valence-electron chi connectivity index (χ3n) is 8.44. The van der Waals surface area contributed by atoms with E-state index in [0.717, 1.165) is 50.9 Å². The quantitative estimate of drug-likeness (QED) is 0.296. The van der Waals surface area contributed by atoms with E-state index in [4.69, 9.17) is 16.3 Å². The number of hydrogen-bond acceptors (Lipinski definition) is 9. The zero-order valence-electron chi connectivity index (χ0n) is 25.8. The fourth-order valence-electron chi connectivity index (χ4n) is 6.16. The van der Waals surface area contributed by atoms with E-state index in [-0.39, 0.29) is 58.4 Å². The highest BCUT2D eigenvalue weighted by Gasteiger charge is 2.33. The van der Waals surface area contributed by atoms with Gasteiger partial charge in [-0.2, -0.15) is 8.78 Å². The normalized spacial score (nSPS) is 21.4. The summed E-state index contributed by atoms with van der Waals surface area (Å²) in [5, 5.41) is 12.8. The molecule has 3 aliphatic heterocycles. The summed E-state index contributed by atoms with van der Waals surface area (Å²) >= 11 is 6.42. The highest BCUT2D eigenvalue weighted by Crippen LogP contribution is 2.37. The van der Waals surface area contributed by atoms with Crippen molar-refractivity contribution < 1.29 is 26.7 Å². The number of alkyl halides is 2. The van der Waals surface area contributed by atoms with Crippen molar-refractivity contribution in [3.05, 3.63) is 56.9 Å². The van der Waals surface area contributed by atoms with Gasteiger partial charge in [0, 0.05) is 13.1 Å². The van der Waals surface area contributed by atoms with Gasteiger partial charge in [0.1, 0.15) is 11.6 Å². The molecule has 10 nitrogen and oxygen atoms in total. The summed E-state index contributed by atoms with van der Waals surface area (Å²) in [5.74, 6) is -1.82. The number of carbonyl (C=O) groups excluding carboxylic acids is 1. The Bertz CT molecular complexity index is 1530.